The van der Waals surface area contributed by atoms with Crippen molar-refractivity contribution in [2.24, 2.45) is 0 Å². The first-order valence-electron chi connectivity index (χ1n) is 7.00. The van der Waals surface area contributed by atoms with Crippen molar-refractivity contribution < 1.29 is 9.53 Å². The Morgan fingerprint density at radius 2 is 2.17 bits per heavy atom. The number of aryl methyl sites for hydroxylation is 1. The van der Waals surface area contributed by atoms with Crippen LogP contribution in [0, 0.1) is 18.3 Å². The molecule has 6 nitrogen and oxygen atoms in total. The van der Waals surface area contributed by atoms with E-state index in [4.69, 9.17) is 4.74 Å². The maximum Gasteiger partial charge on any atom is 0.166 e. The van der Waals surface area contributed by atoms with E-state index in [-0.39, 0.29) is 5.78 Å². The fraction of sp³-hybridized carbons (Fsp3) is 0.176. The number of para-hydroxylation sites is 1. The molecule has 2 aromatic heterocycles. The number of ketones is 1. The molecule has 0 spiro atoms. The van der Waals surface area contributed by atoms with E-state index in [0.29, 0.717) is 33.8 Å². The van der Waals surface area contributed by atoms with E-state index in [1.165, 1.54) is 20.2 Å². The zero-order valence-corrected chi connectivity index (χ0v) is 13.0. The molecule has 0 saturated heterocycles. The molecule has 1 aromatic carbocycles. The Hall–Kier alpha value is -3.20. The van der Waals surface area contributed by atoms with Gasteiger partial charge in [-0.1, -0.05) is 6.07 Å². The molecule has 3 aromatic rings. The lowest BCUT2D eigenvalue weighted by molar-refractivity contribution is 0.101. The highest BCUT2D eigenvalue weighted by atomic mass is 16.5. The maximum absolute atomic E-state index is 11.7. The van der Waals surface area contributed by atoms with Gasteiger partial charge in [0.25, 0.3) is 0 Å². The molecule has 0 N–H and O–H groups in total. The second-order valence-electron chi connectivity index (χ2n) is 5.13. The first-order valence-corrected chi connectivity index (χ1v) is 7.00. The summed E-state index contributed by atoms with van der Waals surface area (Å²) < 4.78 is 7.01. The fourth-order valence-electron chi connectivity index (χ4n) is 2.55. The van der Waals surface area contributed by atoms with Crippen LogP contribution in [0.3, 0.4) is 0 Å². The Balaban J connectivity index is 2.32. The number of hydrogen-bond donors (Lipinski definition) is 0. The molecule has 0 atom stereocenters. The third kappa shape index (κ3) is 2.32. The highest BCUT2D eigenvalue weighted by Gasteiger charge is 2.16. The quantitative estimate of drug-likeness (QED) is 0.695. The Kier molecular flexibility index (Phi) is 3.54. The normalized spacial score (nSPS) is 10.5. The number of Topliss-reactive ketones (excluding diaryl/α,β-unsaturated/α-hetero) is 1. The number of aromatic nitrogens is 3. The zero-order valence-electron chi connectivity index (χ0n) is 13.0. The average Bonchev–Trinajstić information content (AvgIpc) is 2.98. The van der Waals surface area contributed by atoms with Crippen LogP contribution in [0.15, 0.2) is 30.5 Å². The molecule has 0 fully saturated rings. The molecule has 0 radical (unpaired) electrons. The van der Waals surface area contributed by atoms with Crippen LogP contribution in [-0.4, -0.2) is 27.5 Å². The van der Waals surface area contributed by atoms with Gasteiger partial charge in [-0.15, -0.1) is 0 Å². The second-order valence-corrected chi connectivity index (χ2v) is 5.13. The average molecular weight is 306 g/mol. The summed E-state index contributed by atoms with van der Waals surface area (Å²) in [4.78, 5) is 16.3. The third-order valence-electron chi connectivity index (χ3n) is 3.64. The zero-order chi connectivity index (χ0) is 16.6. The highest BCUT2D eigenvalue weighted by Crippen LogP contribution is 2.32. The van der Waals surface area contributed by atoms with E-state index in [9.17, 15) is 10.1 Å². The molecule has 0 amide bonds. The predicted molar refractivity (Wildman–Crippen MR) is 84.4 cm³/mol. The van der Waals surface area contributed by atoms with Gasteiger partial charge in [0.1, 0.15) is 11.8 Å². The number of carbonyl (C=O) groups excluding carboxylic acids is 1. The lowest BCUT2D eigenvalue weighted by Crippen LogP contribution is -2.01. The molecule has 0 unspecified atom stereocenters. The predicted octanol–water partition coefficient (Wildman–Crippen LogP) is 2.79. The first kappa shape index (κ1) is 14.7. The Morgan fingerprint density at radius 1 is 1.39 bits per heavy atom. The van der Waals surface area contributed by atoms with E-state index in [1.54, 1.807) is 16.6 Å². The third-order valence-corrected chi connectivity index (χ3v) is 3.64. The topological polar surface area (TPSA) is 80.3 Å². The van der Waals surface area contributed by atoms with Crippen molar-refractivity contribution in [2.45, 2.75) is 13.8 Å². The number of rotatable bonds is 3. The summed E-state index contributed by atoms with van der Waals surface area (Å²) in [5.74, 6) is 0.372. The van der Waals surface area contributed by atoms with Crippen molar-refractivity contribution in [1.29, 1.82) is 5.26 Å². The minimum atomic E-state index is -0.0956. The van der Waals surface area contributed by atoms with Gasteiger partial charge in [0.15, 0.2) is 11.4 Å². The van der Waals surface area contributed by atoms with Crippen LogP contribution in [-0.2, 0) is 0 Å². The van der Waals surface area contributed by atoms with Gasteiger partial charge in [-0.2, -0.15) is 10.4 Å². The number of ether oxygens (including phenoxy) is 1. The molecule has 0 aliphatic carbocycles. The SMILES string of the molecule is COc1c(C#N)cccc1-c1cc(C)n2ncc(C(C)=O)c2n1. The largest absolute Gasteiger partial charge is 0.495 e. The van der Waals surface area contributed by atoms with Gasteiger partial charge in [-0.25, -0.2) is 9.50 Å². The van der Waals surface area contributed by atoms with Gasteiger partial charge in [0, 0.05) is 11.3 Å². The summed E-state index contributed by atoms with van der Waals surface area (Å²) >= 11 is 0. The molecule has 23 heavy (non-hydrogen) atoms. The molecule has 0 aliphatic rings. The monoisotopic (exact) mass is 306 g/mol. The van der Waals surface area contributed by atoms with Crippen LogP contribution >= 0.6 is 0 Å². The molecule has 0 aliphatic heterocycles. The standard InChI is InChI=1S/C17H14N4O2/c1-10-7-15(13-6-4-5-12(8-18)16(13)23-3)20-17-14(11(2)22)9-19-21(10)17/h4-7,9H,1-3H3. The van der Waals surface area contributed by atoms with E-state index in [2.05, 4.69) is 16.2 Å². The fourth-order valence-corrected chi connectivity index (χ4v) is 2.55. The summed E-state index contributed by atoms with van der Waals surface area (Å²) in [5.41, 5.74) is 3.56. The molecule has 114 valence electrons. The smallest absolute Gasteiger partial charge is 0.166 e. The Bertz CT molecular complexity index is 967. The van der Waals surface area contributed by atoms with Gasteiger partial charge in [0.2, 0.25) is 0 Å². The number of hydrogen-bond acceptors (Lipinski definition) is 5. The summed E-state index contributed by atoms with van der Waals surface area (Å²) in [6, 6.07) is 9.26. The number of nitrogens with zero attached hydrogens (tertiary/aromatic N) is 4. The van der Waals surface area contributed by atoms with Crippen molar-refractivity contribution >= 4 is 11.4 Å². The number of fused-ring (bicyclic) bond motifs is 1. The van der Waals surface area contributed by atoms with Gasteiger partial charge in [-0.3, -0.25) is 4.79 Å². The van der Waals surface area contributed by atoms with E-state index in [1.807, 2.05) is 19.1 Å². The van der Waals surface area contributed by atoms with Crippen molar-refractivity contribution in [3.63, 3.8) is 0 Å². The highest BCUT2D eigenvalue weighted by molar-refractivity contribution is 5.99. The van der Waals surface area contributed by atoms with Crippen LogP contribution in [0.2, 0.25) is 0 Å². The molecule has 6 heteroatoms. The van der Waals surface area contributed by atoms with E-state index in [0.717, 1.165) is 5.69 Å². The molecule has 2 heterocycles. The van der Waals surface area contributed by atoms with Crippen LogP contribution in [0.1, 0.15) is 28.5 Å². The minimum Gasteiger partial charge on any atom is -0.495 e. The van der Waals surface area contributed by atoms with Crippen LogP contribution < -0.4 is 4.74 Å². The van der Waals surface area contributed by atoms with Gasteiger partial charge >= 0.3 is 0 Å². The lowest BCUT2D eigenvalue weighted by atomic mass is 10.1. The summed E-state index contributed by atoms with van der Waals surface area (Å²) in [6.07, 6.45) is 1.52. The summed E-state index contributed by atoms with van der Waals surface area (Å²) in [7, 11) is 1.52. The van der Waals surface area contributed by atoms with Crippen LogP contribution in [0.5, 0.6) is 5.75 Å². The van der Waals surface area contributed by atoms with Crippen LogP contribution in [0.4, 0.5) is 0 Å². The van der Waals surface area contributed by atoms with Crippen LogP contribution in [0.25, 0.3) is 16.9 Å². The second kappa shape index (κ2) is 5.54. The molecular formula is C17H14N4O2. The minimum absolute atomic E-state index is 0.0956. The lowest BCUT2D eigenvalue weighted by Gasteiger charge is -2.11. The molecular weight excluding hydrogens is 292 g/mol. The van der Waals surface area contributed by atoms with Crippen molar-refractivity contribution in [1.82, 2.24) is 14.6 Å². The van der Waals surface area contributed by atoms with E-state index < -0.39 is 0 Å². The maximum atomic E-state index is 11.7. The number of benzene rings is 1. The molecule has 3 rings (SSSR count). The van der Waals surface area contributed by atoms with E-state index >= 15 is 0 Å². The summed E-state index contributed by atoms with van der Waals surface area (Å²) in [5, 5.41) is 13.4. The summed E-state index contributed by atoms with van der Waals surface area (Å²) in [6.45, 7) is 3.37. The van der Waals surface area contributed by atoms with Gasteiger partial charge in [-0.05, 0) is 32.0 Å². The number of methoxy groups -OCH3 is 1. The Morgan fingerprint density at radius 3 is 2.83 bits per heavy atom. The molecule has 0 saturated carbocycles. The van der Waals surface area contributed by atoms with Gasteiger partial charge < -0.3 is 4.74 Å². The Labute approximate surface area is 133 Å². The number of nitriles is 1. The van der Waals surface area contributed by atoms with Crippen molar-refractivity contribution in [3.8, 4) is 23.1 Å². The van der Waals surface area contributed by atoms with Crippen molar-refractivity contribution in [3.05, 3.63) is 47.3 Å². The number of carbonyl (C=O) groups is 1. The molecule has 0 bridgehead atoms. The van der Waals surface area contributed by atoms with Crippen molar-refractivity contribution in [2.75, 3.05) is 7.11 Å². The first-order chi connectivity index (χ1) is 11.1. The van der Waals surface area contributed by atoms with Gasteiger partial charge in [0.05, 0.1) is 30.1 Å².